The predicted octanol–water partition coefficient (Wildman–Crippen LogP) is 2.83. The van der Waals surface area contributed by atoms with Crippen LogP contribution in [0.15, 0.2) is 57.9 Å². The number of sulfonamides is 1. The van der Waals surface area contributed by atoms with Crippen molar-refractivity contribution in [2.75, 3.05) is 26.2 Å². The first-order chi connectivity index (χ1) is 12.0. The van der Waals surface area contributed by atoms with Crippen molar-refractivity contribution in [2.24, 2.45) is 0 Å². The molecule has 0 spiro atoms. The van der Waals surface area contributed by atoms with E-state index in [9.17, 15) is 8.42 Å². The van der Waals surface area contributed by atoms with Crippen LogP contribution in [-0.2, 0) is 16.6 Å². The maximum absolute atomic E-state index is 12.7. The van der Waals surface area contributed by atoms with E-state index < -0.39 is 10.0 Å². The van der Waals surface area contributed by atoms with E-state index >= 15 is 0 Å². The minimum atomic E-state index is -3.46. The van der Waals surface area contributed by atoms with Crippen LogP contribution < -0.4 is 0 Å². The van der Waals surface area contributed by atoms with Gasteiger partial charge in [-0.2, -0.15) is 9.57 Å². The molecule has 1 aliphatic rings. The number of rotatable bonds is 4. The van der Waals surface area contributed by atoms with Crippen molar-refractivity contribution in [1.82, 2.24) is 9.21 Å². The van der Waals surface area contributed by atoms with E-state index in [0.29, 0.717) is 36.6 Å². The molecule has 0 radical (unpaired) electrons. The highest BCUT2D eigenvalue weighted by molar-refractivity contribution is 9.10. The Hall–Kier alpha value is -1.72. The molecule has 3 rings (SSSR count). The molecule has 5 nitrogen and oxygen atoms in total. The summed E-state index contributed by atoms with van der Waals surface area (Å²) in [4.78, 5) is 2.53. The number of hydrogen-bond acceptors (Lipinski definition) is 4. The molecular formula is C18H18BrN3O2S. The largest absolute Gasteiger partial charge is 0.296 e. The predicted molar refractivity (Wildman–Crippen MR) is 99.3 cm³/mol. The van der Waals surface area contributed by atoms with Gasteiger partial charge in [0.1, 0.15) is 0 Å². The fourth-order valence-corrected chi connectivity index (χ4v) is 4.92. The summed E-state index contributed by atoms with van der Waals surface area (Å²) in [6.07, 6.45) is 0. The Labute approximate surface area is 156 Å². The molecule has 0 saturated carbocycles. The molecular weight excluding hydrogens is 402 g/mol. The molecule has 1 saturated heterocycles. The summed E-state index contributed by atoms with van der Waals surface area (Å²) in [5.41, 5.74) is 1.72. The van der Waals surface area contributed by atoms with E-state index in [1.807, 2.05) is 24.3 Å². The van der Waals surface area contributed by atoms with Crippen LogP contribution in [0.2, 0.25) is 0 Å². The standard InChI is InChI=1S/C18H18BrN3O2S/c19-17-5-2-6-18(12-17)25(23,24)22-9-7-21(8-10-22)14-16-4-1-3-15(11-16)13-20/h1-6,11-12H,7-10,14H2. The number of hydrogen-bond donors (Lipinski definition) is 0. The van der Waals surface area contributed by atoms with Crippen LogP contribution >= 0.6 is 15.9 Å². The third-order valence-corrected chi connectivity index (χ3v) is 6.62. The van der Waals surface area contributed by atoms with Crippen molar-refractivity contribution >= 4 is 26.0 Å². The van der Waals surface area contributed by atoms with Gasteiger partial charge in [0.05, 0.1) is 16.5 Å². The first-order valence-corrected chi connectivity index (χ1v) is 10.2. The van der Waals surface area contributed by atoms with Crippen molar-refractivity contribution in [3.63, 3.8) is 0 Å². The molecule has 0 atom stereocenters. The van der Waals surface area contributed by atoms with Crippen molar-refractivity contribution in [3.8, 4) is 6.07 Å². The van der Waals surface area contributed by atoms with Crippen LogP contribution in [0.3, 0.4) is 0 Å². The summed E-state index contributed by atoms with van der Waals surface area (Å²) in [7, 11) is -3.46. The van der Waals surface area contributed by atoms with E-state index in [4.69, 9.17) is 5.26 Å². The number of nitriles is 1. The molecule has 0 aliphatic carbocycles. The first-order valence-electron chi connectivity index (χ1n) is 7.96. The number of nitrogens with zero attached hydrogens (tertiary/aromatic N) is 3. The van der Waals surface area contributed by atoms with Crippen molar-refractivity contribution in [1.29, 1.82) is 5.26 Å². The molecule has 0 unspecified atom stereocenters. The molecule has 0 amide bonds. The summed E-state index contributed by atoms with van der Waals surface area (Å²) < 4.78 is 27.8. The zero-order chi connectivity index (χ0) is 17.9. The third kappa shape index (κ3) is 4.28. The molecule has 0 N–H and O–H groups in total. The smallest absolute Gasteiger partial charge is 0.243 e. The van der Waals surface area contributed by atoms with E-state index in [1.54, 1.807) is 24.3 Å². The van der Waals surface area contributed by atoms with Crippen molar-refractivity contribution < 1.29 is 8.42 Å². The summed E-state index contributed by atoms with van der Waals surface area (Å²) in [6.45, 7) is 2.99. The molecule has 2 aromatic carbocycles. The number of halogens is 1. The second-order valence-electron chi connectivity index (χ2n) is 5.95. The SMILES string of the molecule is N#Cc1cccc(CN2CCN(S(=O)(=O)c3cccc(Br)c3)CC2)c1. The van der Waals surface area contributed by atoms with Crippen LogP contribution in [0.4, 0.5) is 0 Å². The fraction of sp³-hybridized carbons (Fsp3) is 0.278. The summed E-state index contributed by atoms with van der Waals surface area (Å²) >= 11 is 3.32. The molecule has 2 aromatic rings. The van der Waals surface area contributed by atoms with Gasteiger partial charge in [-0.15, -0.1) is 0 Å². The van der Waals surface area contributed by atoms with Gasteiger partial charge in [-0.1, -0.05) is 34.1 Å². The first kappa shape index (κ1) is 18.1. The monoisotopic (exact) mass is 419 g/mol. The third-order valence-electron chi connectivity index (χ3n) is 4.23. The Kier molecular flexibility index (Phi) is 5.54. The van der Waals surface area contributed by atoms with Crippen LogP contribution in [0.1, 0.15) is 11.1 Å². The Bertz CT molecular complexity index is 901. The normalized spacial score (nSPS) is 16.5. The molecule has 0 bridgehead atoms. The lowest BCUT2D eigenvalue weighted by molar-refractivity contribution is 0.181. The van der Waals surface area contributed by atoms with E-state index in [-0.39, 0.29) is 0 Å². The highest BCUT2D eigenvalue weighted by Gasteiger charge is 2.28. The molecule has 25 heavy (non-hydrogen) atoms. The van der Waals surface area contributed by atoms with Gasteiger partial charge >= 0.3 is 0 Å². The van der Waals surface area contributed by atoms with Crippen LogP contribution in [0.5, 0.6) is 0 Å². The molecule has 0 aromatic heterocycles. The summed E-state index contributed by atoms with van der Waals surface area (Å²) in [6, 6.07) is 16.5. The highest BCUT2D eigenvalue weighted by atomic mass is 79.9. The fourth-order valence-electron chi connectivity index (χ4n) is 2.90. The lowest BCUT2D eigenvalue weighted by Gasteiger charge is -2.34. The van der Waals surface area contributed by atoms with Crippen LogP contribution in [-0.4, -0.2) is 43.8 Å². The van der Waals surface area contributed by atoms with Gasteiger partial charge in [-0.05, 0) is 35.9 Å². The van der Waals surface area contributed by atoms with Crippen LogP contribution in [0, 0.1) is 11.3 Å². The Balaban J connectivity index is 1.64. The number of benzene rings is 2. The van der Waals surface area contributed by atoms with Gasteiger partial charge in [0.25, 0.3) is 0 Å². The maximum Gasteiger partial charge on any atom is 0.243 e. The van der Waals surface area contributed by atoms with Crippen LogP contribution in [0.25, 0.3) is 0 Å². The molecule has 1 aliphatic heterocycles. The van der Waals surface area contributed by atoms with Crippen molar-refractivity contribution in [3.05, 3.63) is 64.1 Å². The summed E-state index contributed by atoms with van der Waals surface area (Å²) in [5.74, 6) is 0. The molecule has 130 valence electrons. The van der Waals surface area contributed by atoms with Gasteiger partial charge in [-0.25, -0.2) is 8.42 Å². The Morgan fingerprint density at radius 2 is 1.76 bits per heavy atom. The minimum absolute atomic E-state index is 0.317. The molecule has 1 heterocycles. The molecule has 7 heteroatoms. The van der Waals surface area contributed by atoms with E-state index in [0.717, 1.165) is 16.6 Å². The summed E-state index contributed by atoms with van der Waals surface area (Å²) in [5, 5.41) is 8.98. The van der Waals surface area contributed by atoms with Gasteiger partial charge in [0.2, 0.25) is 10.0 Å². The average molecular weight is 420 g/mol. The van der Waals surface area contributed by atoms with Gasteiger partial charge in [0.15, 0.2) is 0 Å². The van der Waals surface area contributed by atoms with Gasteiger partial charge in [-0.3, -0.25) is 4.90 Å². The van der Waals surface area contributed by atoms with Gasteiger partial charge in [0, 0.05) is 37.2 Å². The zero-order valence-corrected chi connectivity index (χ0v) is 16.0. The van der Waals surface area contributed by atoms with Crippen molar-refractivity contribution in [2.45, 2.75) is 11.4 Å². The van der Waals surface area contributed by atoms with Gasteiger partial charge < -0.3 is 0 Å². The Morgan fingerprint density at radius 1 is 1.04 bits per heavy atom. The minimum Gasteiger partial charge on any atom is -0.296 e. The lowest BCUT2D eigenvalue weighted by atomic mass is 10.1. The second kappa shape index (κ2) is 7.67. The highest BCUT2D eigenvalue weighted by Crippen LogP contribution is 2.21. The molecule has 1 fully saturated rings. The average Bonchev–Trinajstić information content (AvgIpc) is 2.62. The van der Waals surface area contributed by atoms with E-state index in [1.165, 1.54) is 4.31 Å². The Morgan fingerprint density at radius 3 is 2.44 bits per heavy atom. The quantitative estimate of drug-likeness (QED) is 0.763. The second-order valence-corrected chi connectivity index (χ2v) is 8.80. The lowest BCUT2D eigenvalue weighted by Crippen LogP contribution is -2.48. The topological polar surface area (TPSA) is 64.4 Å². The maximum atomic E-state index is 12.7. The van der Waals surface area contributed by atoms with E-state index in [2.05, 4.69) is 26.9 Å². The number of piperazine rings is 1. The zero-order valence-electron chi connectivity index (χ0n) is 13.6.